The molecule has 2 aromatic carbocycles. The van der Waals surface area contributed by atoms with Crippen LogP contribution in [-0.2, 0) is 0 Å². The zero-order valence-electron chi connectivity index (χ0n) is 15.3. The summed E-state index contributed by atoms with van der Waals surface area (Å²) in [5.74, 6) is -0.725. The molecule has 0 fully saturated rings. The number of carbonyl (C=O) groups is 1. The number of carbonyl (C=O) groups excluding carboxylic acids is 1. The zero-order valence-corrected chi connectivity index (χ0v) is 15.3. The van der Waals surface area contributed by atoms with Gasteiger partial charge in [0.1, 0.15) is 11.6 Å². The molecule has 4 rings (SSSR count). The third-order valence-electron chi connectivity index (χ3n) is 4.22. The number of halogens is 2. The van der Waals surface area contributed by atoms with Gasteiger partial charge in [0.05, 0.1) is 23.8 Å². The number of benzene rings is 2. The lowest BCUT2D eigenvalue weighted by Gasteiger charge is -2.10. The molecule has 0 atom stereocenters. The summed E-state index contributed by atoms with van der Waals surface area (Å²) in [6, 6.07) is 7.50. The van der Waals surface area contributed by atoms with Crippen LogP contribution < -0.4 is 22.1 Å². The first-order valence-electron chi connectivity index (χ1n) is 8.68. The highest BCUT2D eigenvalue weighted by molar-refractivity contribution is 6.00. The van der Waals surface area contributed by atoms with Gasteiger partial charge in [0, 0.05) is 22.5 Å². The zero-order chi connectivity index (χ0) is 21.3. The number of nitrogens with zero attached hydrogens (tertiary/aromatic N) is 2. The molecule has 0 aliphatic carbocycles. The van der Waals surface area contributed by atoms with E-state index >= 15 is 0 Å². The fraction of sp³-hybridized carbons (Fsp3) is 0. The minimum atomic E-state index is -0.599. The first kappa shape index (κ1) is 18.9. The van der Waals surface area contributed by atoms with Gasteiger partial charge in [-0.25, -0.2) is 23.5 Å². The van der Waals surface area contributed by atoms with Crippen LogP contribution in [0.15, 0.2) is 48.8 Å². The van der Waals surface area contributed by atoms with E-state index in [1.54, 1.807) is 0 Å². The summed E-state index contributed by atoms with van der Waals surface area (Å²) in [5.41, 5.74) is 12.9. The number of nitrogens with two attached hydrogens (primary N) is 2. The molecule has 0 unspecified atom stereocenters. The van der Waals surface area contributed by atoms with Gasteiger partial charge in [-0.15, -0.1) is 0 Å². The van der Waals surface area contributed by atoms with E-state index in [1.165, 1.54) is 48.8 Å². The van der Waals surface area contributed by atoms with E-state index in [0.29, 0.717) is 22.8 Å². The van der Waals surface area contributed by atoms with Gasteiger partial charge in [-0.05, 0) is 36.4 Å². The first-order valence-corrected chi connectivity index (χ1v) is 8.68. The smallest absolute Gasteiger partial charge is 0.323 e. The number of anilines is 4. The van der Waals surface area contributed by atoms with Crippen molar-refractivity contribution in [3.8, 4) is 22.5 Å². The number of amides is 2. The maximum atomic E-state index is 14.1. The molecule has 2 amide bonds. The van der Waals surface area contributed by atoms with Crippen LogP contribution in [0, 0.1) is 11.6 Å². The van der Waals surface area contributed by atoms with Crippen LogP contribution in [0.3, 0.4) is 0 Å². The van der Waals surface area contributed by atoms with E-state index < -0.39 is 17.7 Å². The molecule has 11 heteroatoms. The average Bonchev–Trinajstić information content (AvgIpc) is 3.33. The van der Waals surface area contributed by atoms with Gasteiger partial charge in [-0.2, -0.15) is 0 Å². The SMILES string of the molecule is Nc1ncc(-c2cc(NC(=O)Nc3ccc(F)c(-c4cnc(N)[nH]4)c3)ccc2F)[nH]1. The Morgan fingerprint density at radius 1 is 0.800 bits per heavy atom. The largest absolute Gasteiger partial charge is 0.369 e. The lowest BCUT2D eigenvalue weighted by atomic mass is 10.1. The predicted octanol–water partition coefficient (Wildman–Crippen LogP) is 3.55. The molecule has 0 aliphatic heterocycles. The summed E-state index contributed by atoms with van der Waals surface area (Å²) in [5, 5.41) is 5.19. The Hall–Kier alpha value is -4.41. The fourth-order valence-corrected chi connectivity index (χ4v) is 2.86. The minimum absolute atomic E-state index is 0.145. The maximum absolute atomic E-state index is 14.1. The number of H-pyrrole nitrogens is 2. The summed E-state index contributed by atoms with van der Waals surface area (Å²) in [6.45, 7) is 0. The Morgan fingerprint density at radius 2 is 1.23 bits per heavy atom. The van der Waals surface area contributed by atoms with E-state index in [4.69, 9.17) is 11.5 Å². The van der Waals surface area contributed by atoms with Crippen molar-refractivity contribution in [2.75, 3.05) is 22.1 Å². The van der Waals surface area contributed by atoms with Crippen molar-refractivity contribution in [3.63, 3.8) is 0 Å². The highest BCUT2D eigenvalue weighted by atomic mass is 19.1. The monoisotopic (exact) mass is 410 g/mol. The molecular formula is C19H16F2N8O. The van der Waals surface area contributed by atoms with E-state index in [9.17, 15) is 13.6 Å². The number of hydrogen-bond donors (Lipinski definition) is 6. The Morgan fingerprint density at radius 3 is 1.60 bits per heavy atom. The molecule has 0 saturated carbocycles. The van der Waals surface area contributed by atoms with E-state index in [-0.39, 0.29) is 23.0 Å². The molecule has 8 N–H and O–H groups in total. The van der Waals surface area contributed by atoms with Crippen molar-refractivity contribution in [1.29, 1.82) is 0 Å². The number of aromatic nitrogens is 4. The second-order valence-corrected chi connectivity index (χ2v) is 6.33. The molecule has 2 aromatic heterocycles. The number of imidazole rings is 2. The van der Waals surface area contributed by atoms with E-state index in [2.05, 4.69) is 30.6 Å². The van der Waals surface area contributed by atoms with Gasteiger partial charge >= 0.3 is 6.03 Å². The molecule has 0 radical (unpaired) electrons. The molecule has 0 bridgehead atoms. The van der Waals surface area contributed by atoms with Crippen LogP contribution in [0.1, 0.15) is 0 Å². The molecule has 0 aliphatic rings. The van der Waals surface area contributed by atoms with Crippen molar-refractivity contribution < 1.29 is 13.6 Å². The molecular weight excluding hydrogens is 394 g/mol. The van der Waals surface area contributed by atoms with Crippen LogP contribution in [0.4, 0.5) is 36.8 Å². The van der Waals surface area contributed by atoms with Crippen molar-refractivity contribution in [3.05, 3.63) is 60.4 Å². The molecule has 2 heterocycles. The highest BCUT2D eigenvalue weighted by Gasteiger charge is 2.13. The summed E-state index contributed by atoms with van der Waals surface area (Å²) in [6.07, 6.45) is 2.78. The van der Waals surface area contributed by atoms with Crippen molar-refractivity contribution in [2.24, 2.45) is 0 Å². The molecule has 9 nitrogen and oxygen atoms in total. The number of hydrogen-bond acceptors (Lipinski definition) is 5. The van der Waals surface area contributed by atoms with Crippen molar-refractivity contribution in [1.82, 2.24) is 19.9 Å². The van der Waals surface area contributed by atoms with Crippen LogP contribution in [0.5, 0.6) is 0 Å². The molecule has 30 heavy (non-hydrogen) atoms. The van der Waals surface area contributed by atoms with Gasteiger partial charge in [0.15, 0.2) is 11.9 Å². The number of urea groups is 1. The average molecular weight is 410 g/mol. The van der Waals surface area contributed by atoms with Crippen LogP contribution in [0.2, 0.25) is 0 Å². The fourth-order valence-electron chi connectivity index (χ4n) is 2.86. The van der Waals surface area contributed by atoms with E-state index in [1.807, 2.05) is 0 Å². The van der Waals surface area contributed by atoms with Crippen molar-refractivity contribution >= 4 is 29.3 Å². The lowest BCUT2D eigenvalue weighted by Crippen LogP contribution is -2.19. The van der Waals surface area contributed by atoms with Gasteiger partial charge in [-0.3, -0.25) is 0 Å². The van der Waals surface area contributed by atoms with Crippen molar-refractivity contribution in [2.45, 2.75) is 0 Å². The highest BCUT2D eigenvalue weighted by Crippen LogP contribution is 2.27. The Kier molecular flexibility index (Phi) is 4.76. The third-order valence-corrected chi connectivity index (χ3v) is 4.22. The number of nitrogens with one attached hydrogen (secondary N) is 4. The minimum Gasteiger partial charge on any atom is -0.369 e. The second-order valence-electron chi connectivity index (χ2n) is 6.33. The summed E-state index contributed by atoms with van der Waals surface area (Å²) >= 11 is 0. The van der Waals surface area contributed by atoms with Gasteiger partial charge in [0.25, 0.3) is 0 Å². The Balaban J connectivity index is 1.52. The normalized spacial score (nSPS) is 10.7. The van der Waals surface area contributed by atoms with Crippen LogP contribution in [-0.4, -0.2) is 26.0 Å². The Bertz CT molecular complexity index is 1140. The standard InChI is InChI=1S/C19H16F2N8O/c20-13-3-1-9(5-11(13)15-7-24-17(22)28-15)26-19(30)27-10-2-4-14(21)12(6-10)16-8-25-18(23)29-16/h1-8H,(H3,22,24,28)(H3,23,25,29)(H2,26,27,30). The molecule has 0 saturated heterocycles. The Labute approximate surface area is 168 Å². The van der Waals surface area contributed by atoms with Gasteiger partial charge in [-0.1, -0.05) is 0 Å². The summed E-state index contributed by atoms with van der Waals surface area (Å²) in [4.78, 5) is 25.5. The van der Waals surface area contributed by atoms with E-state index in [0.717, 1.165) is 0 Å². The van der Waals surface area contributed by atoms with Gasteiger partial charge < -0.3 is 32.1 Å². The number of nitrogen functional groups attached to an aromatic ring is 2. The maximum Gasteiger partial charge on any atom is 0.323 e. The molecule has 152 valence electrons. The molecule has 0 spiro atoms. The lowest BCUT2D eigenvalue weighted by molar-refractivity contribution is 0.262. The summed E-state index contributed by atoms with van der Waals surface area (Å²) in [7, 11) is 0. The topological polar surface area (TPSA) is 151 Å². The predicted molar refractivity (Wildman–Crippen MR) is 109 cm³/mol. The summed E-state index contributed by atoms with van der Waals surface area (Å²) < 4.78 is 28.2. The first-order chi connectivity index (χ1) is 14.4. The number of rotatable bonds is 4. The number of aromatic amines is 2. The van der Waals surface area contributed by atoms with Crippen LogP contribution in [0.25, 0.3) is 22.5 Å². The third kappa shape index (κ3) is 3.90. The quantitative estimate of drug-likeness (QED) is 0.304. The van der Waals surface area contributed by atoms with Gasteiger partial charge in [0.2, 0.25) is 0 Å². The van der Waals surface area contributed by atoms with Crippen LogP contribution >= 0.6 is 0 Å². The molecule has 4 aromatic rings. The second kappa shape index (κ2) is 7.54.